The van der Waals surface area contributed by atoms with Crippen LogP contribution in [0.15, 0.2) is 12.2 Å². The number of rotatable bonds is 18. The molecule has 0 saturated heterocycles. The quantitative estimate of drug-likeness (QED) is 0.132. The number of hydrogen-bond donors (Lipinski definition) is 0. The van der Waals surface area contributed by atoms with Crippen LogP contribution in [0.3, 0.4) is 0 Å². The molecule has 0 aliphatic rings. The van der Waals surface area contributed by atoms with Gasteiger partial charge in [0.05, 0.1) is 0 Å². The monoisotopic (exact) mass is 394 g/mol. The highest BCUT2D eigenvalue weighted by Gasteiger charge is 2.13. The number of unbranched alkanes of at least 4 members (excludes halogenated alkanes) is 10. The van der Waals surface area contributed by atoms with E-state index in [0.29, 0.717) is 11.8 Å². The van der Waals surface area contributed by atoms with Gasteiger partial charge in [-0.15, -0.1) is 0 Å². The largest absolute Gasteiger partial charge is 0.458 e. The van der Waals surface area contributed by atoms with Crippen molar-refractivity contribution in [2.24, 2.45) is 5.41 Å². The van der Waals surface area contributed by atoms with Crippen LogP contribution in [0, 0.1) is 5.41 Å². The molecule has 0 fully saturated rings. The maximum Gasteiger partial charge on any atom is 0.306 e. The van der Waals surface area contributed by atoms with Crippen molar-refractivity contribution in [2.75, 3.05) is 0 Å². The van der Waals surface area contributed by atoms with E-state index in [1.807, 2.05) is 0 Å². The number of hydrogen-bond acceptors (Lipinski definition) is 2. The second-order valence-corrected chi connectivity index (χ2v) is 9.63. The van der Waals surface area contributed by atoms with Crippen LogP contribution >= 0.6 is 0 Å². The lowest BCUT2D eigenvalue weighted by Gasteiger charge is -2.18. The summed E-state index contributed by atoms with van der Waals surface area (Å²) in [4.78, 5) is 12.3. The minimum absolute atomic E-state index is 0.0138. The van der Waals surface area contributed by atoms with E-state index in [-0.39, 0.29) is 12.1 Å². The Morgan fingerprint density at radius 3 is 2.07 bits per heavy atom. The molecule has 0 bridgehead atoms. The average Bonchev–Trinajstić information content (AvgIpc) is 2.63. The van der Waals surface area contributed by atoms with Gasteiger partial charge in [0.15, 0.2) is 0 Å². The molecule has 0 aromatic heterocycles. The van der Waals surface area contributed by atoms with Gasteiger partial charge in [-0.05, 0) is 50.0 Å². The first kappa shape index (κ1) is 27.2. The van der Waals surface area contributed by atoms with Gasteiger partial charge in [-0.3, -0.25) is 4.79 Å². The van der Waals surface area contributed by atoms with E-state index < -0.39 is 0 Å². The predicted molar refractivity (Wildman–Crippen MR) is 124 cm³/mol. The molecule has 0 N–H and O–H groups in total. The topological polar surface area (TPSA) is 26.3 Å². The van der Waals surface area contributed by atoms with Gasteiger partial charge in [0, 0.05) is 6.42 Å². The Morgan fingerprint density at radius 1 is 0.821 bits per heavy atom. The molecule has 2 heteroatoms. The summed E-state index contributed by atoms with van der Waals surface area (Å²) in [7, 11) is 0. The second-order valence-electron chi connectivity index (χ2n) is 9.63. The lowest BCUT2D eigenvalue weighted by Crippen LogP contribution is -2.16. The molecule has 166 valence electrons. The molecule has 0 aromatic rings. The summed E-state index contributed by atoms with van der Waals surface area (Å²) < 4.78 is 5.81. The van der Waals surface area contributed by atoms with Crippen molar-refractivity contribution >= 4 is 5.97 Å². The van der Waals surface area contributed by atoms with Gasteiger partial charge in [0.1, 0.15) is 6.10 Å². The van der Waals surface area contributed by atoms with Crippen LogP contribution in [0.4, 0.5) is 0 Å². The van der Waals surface area contributed by atoms with Crippen molar-refractivity contribution in [1.82, 2.24) is 0 Å². The molecule has 0 amide bonds. The molecule has 2 nitrogen and oxygen atoms in total. The van der Waals surface area contributed by atoms with Gasteiger partial charge >= 0.3 is 5.97 Å². The SMILES string of the molecule is CCCCC/C=C\C(CCCCCCCCC)OC(=O)CCCCC(C)(C)C. The highest BCUT2D eigenvalue weighted by molar-refractivity contribution is 5.69. The minimum atomic E-state index is -0.0209. The van der Waals surface area contributed by atoms with E-state index in [4.69, 9.17) is 4.74 Å². The summed E-state index contributed by atoms with van der Waals surface area (Å²) in [5.74, 6) is -0.0138. The van der Waals surface area contributed by atoms with Crippen LogP contribution in [-0.4, -0.2) is 12.1 Å². The normalized spacial score (nSPS) is 13.2. The molecule has 0 saturated carbocycles. The van der Waals surface area contributed by atoms with Gasteiger partial charge in [0.2, 0.25) is 0 Å². The molecule has 0 aliphatic carbocycles. The van der Waals surface area contributed by atoms with E-state index in [9.17, 15) is 4.79 Å². The lowest BCUT2D eigenvalue weighted by atomic mass is 9.89. The summed E-state index contributed by atoms with van der Waals surface area (Å²) in [5, 5.41) is 0. The summed E-state index contributed by atoms with van der Waals surface area (Å²) in [6.45, 7) is 11.3. The molecule has 28 heavy (non-hydrogen) atoms. The Bertz CT molecular complexity index is 378. The van der Waals surface area contributed by atoms with E-state index in [1.54, 1.807) is 0 Å². The van der Waals surface area contributed by atoms with Gasteiger partial charge < -0.3 is 4.74 Å². The van der Waals surface area contributed by atoms with Crippen LogP contribution < -0.4 is 0 Å². The molecule has 0 heterocycles. The van der Waals surface area contributed by atoms with E-state index >= 15 is 0 Å². The number of ether oxygens (including phenoxy) is 1. The van der Waals surface area contributed by atoms with E-state index in [0.717, 1.165) is 32.1 Å². The van der Waals surface area contributed by atoms with Crippen molar-refractivity contribution in [3.63, 3.8) is 0 Å². The van der Waals surface area contributed by atoms with Crippen molar-refractivity contribution in [3.8, 4) is 0 Å². The zero-order valence-electron chi connectivity index (χ0n) is 19.9. The third kappa shape index (κ3) is 20.0. The molecule has 0 radical (unpaired) electrons. The fourth-order valence-electron chi connectivity index (χ4n) is 3.41. The van der Waals surface area contributed by atoms with Gasteiger partial charge in [0.25, 0.3) is 0 Å². The van der Waals surface area contributed by atoms with Crippen molar-refractivity contribution < 1.29 is 9.53 Å². The van der Waals surface area contributed by atoms with Crippen LogP contribution in [0.1, 0.15) is 137 Å². The lowest BCUT2D eigenvalue weighted by molar-refractivity contribution is -0.147. The Morgan fingerprint density at radius 2 is 1.43 bits per heavy atom. The Hall–Kier alpha value is -0.790. The molecule has 0 aliphatic heterocycles. The van der Waals surface area contributed by atoms with E-state index in [1.165, 1.54) is 64.2 Å². The summed E-state index contributed by atoms with van der Waals surface area (Å²) in [5.41, 5.74) is 0.352. The summed E-state index contributed by atoms with van der Waals surface area (Å²) in [6, 6.07) is 0. The Kier molecular flexibility index (Phi) is 17.7. The molecule has 1 atom stereocenters. The zero-order valence-corrected chi connectivity index (χ0v) is 19.9. The Balaban J connectivity index is 4.18. The highest BCUT2D eigenvalue weighted by Crippen LogP contribution is 2.22. The first-order chi connectivity index (χ1) is 13.4. The van der Waals surface area contributed by atoms with Crippen LogP contribution in [0.5, 0.6) is 0 Å². The molecule has 0 aromatic carbocycles. The van der Waals surface area contributed by atoms with Gasteiger partial charge in [-0.1, -0.05) is 98.5 Å². The number of allylic oxidation sites excluding steroid dienone is 1. The van der Waals surface area contributed by atoms with Crippen molar-refractivity contribution in [2.45, 2.75) is 143 Å². The number of esters is 1. The van der Waals surface area contributed by atoms with Crippen molar-refractivity contribution in [1.29, 1.82) is 0 Å². The number of carbonyl (C=O) groups is 1. The van der Waals surface area contributed by atoms with Crippen LogP contribution in [-0.2, 0) is 9.53 Å². The second kappa shape index (κ2) is 18.3. The smallest absolute Gasteiger partial charge is 0.306 e. The molecule has 0 spiro atoms. The molecular formula is C26H50O2. The minimum Gasteiger partial charge on any atom is -0.458 e. The fourth-order valence-corrected chi connectivity index (χ4v) is 3.41. The zero-order chi connectivity index (χ0) is 21.1. The van der Waals surface area contributed by atoms with Crippen LogP contribution in [0.2, 0.25) is 0 Å². The highest BCUT2D eigenvalue weighted by atomic mass is 16.5. The molecule has 1 unspecified atom stereocenters. The average molecular weight is 395 g/mol. The maximum atomic E-state index is 12.3. The molecular weight excluding hydrogens is 344 g/mol. The summed E-state index contributed by atoms with van der Waals surface area (Å²) >= 11 is 0. The van der Waals surface area contributed by atoms with Gasteiger partial charge in [-0.25, -0.2) is 0 Å². The predicted octanol–water partition coefficient (Wildman–Crippen LogP) is 8.78. The standard InChI is InChI=1S/C26H50O2/c1-6-8-10-12-13-15-17-21-24(20-16-14-11-9-7-2)28-25(27)22-18-19-23-26(3,4)5/h16,20,24H,6-15,17-19,21-23H2,1-5H3/b20-16-. The maximum absolute atomic E-state index is 12.3. The fraction of sp³-hybridized carbons (Fsp3) is 0.885. The summed E-state index contributed by atoms with van der Waals surface area (Å²) in [6.07, 6.45) is 23.1. The number of carbonyl (C=O) groups excluding carboxylic acids is 1. The third-order valence-corrected chi connectivity index (χ3v) is 5.26. The Labute approximate surface area is 176 Å². The first-order valence-electron chi connectivity index (χ1n) is 12.2. The third-order valence-electron chi connectivity index (χ3n) is 5.26. The van der Waals surface area contributed by atoms with Crippen LogP contribution in [0.25, 0.3) is 0 Å². The molecule has 0 rings (SSSR count). The van der Waals surface area contributed by atoms with Crippen molar-refractivity contribution in [3.05, 3.63) is 12.2 Å². The van der Waals surface area contributed by atoms with E-state index in [2.05, 4.69) is 46.8 Å². The first-order valence-corrected chi connectivity index (χ1v) is 12.2. The van der Waals surface area contributed by atoms with Gasteiger partial charge in [-0.2, -0.15) is 0 Å².